The molecule has 0 fully saturated rings. The number of para-hydroxylation sites is 2. The number of aromatic nitrogens is 3. The van der Waals surface area contributed by atoms with E-state index in [1.54, 1.807) is 0 Å². The molecule has 6 heteroatoms. The first-order valence-electron chi connectivity index (χ1n) is 15.8. The van der Waals surface area contributed by atoms with Crippen molar-refractivity contribution in [2.24, 2.45) is 0 Å². The van der Waals surface area contributed by atoms with Gasteiger partial charge in [0.2, 0.25) is 0 Å². The molecule has 0 saturated heterocycles. The van der Waals surface area contributed by atoms with E-state index in [-0.39, 0.29) is 32.2 Å². The normalized spacial score (nSPS) is 12.0. The van der Waals surface area contributed by atoms with Gasteiger partial charge < -0.3 is 13.9 Å². The molecule has 0 unspecified atom stereocenters. The van der Waals surface area contributed by atoms with Crippen LogP contribution >= 0.6 is 0 Å². The van der Waals surface area contributed by atoms with Crippen LogP contribution in [0.2, 0.25) is 0 Å². The van der Waals surface area contributed by atoms with Crippen LogP contribution in [0.1, 0.15) is 26.3 Å². The quantitative estimate of drug-likeness (QED) is 0.143. The zero-order chi connectivity index (χ0) is 31.9. The van der Waals surface area contributed by atoms with Crippen LogP contribution in [0.15, 0.2) is 126 Å². The zero-order valence-corrected chi connectivity index (χ0v) is 28.8. The van der Waals surface area contributed by atoms with Crippen molar-refractivity contribution < 1.29 is 30.6 Å². The minimum atomic E-state index is -0.126. The molecule has 4 heterocycles. The molecule has 5 aromatic carbocycles. The molecular weight excluding hydrogens is 774 g/mol. The van der Waals surface area contributed by atoms with Gasteiger partial charge in [0, 0.05) is 61.0 Å². The largest absolute Gasteiger partial charge is 0.504 e. The molecule has 48 heavy (non-hydrogen) atoms. The van der Waals surface area contributed by atoms with Crippen LogP contribution in [-0.2, 0) is 26.5 Å². The third-order valence-corrected chi connectivity index (χ3v) is 9.18. The molecule has 0 aliphatic carbocycles. The third kappa shape index (κ3) is 4.72. The molecule has 0 bridgehead atoms. The van der Waals surface area contributed by atoms with E-state index in [2.05, 4.69) is 86.0 Å². The van der Waals surface area contributed by atoms with E-state index < -0.39 is 0 Å². The van der Waals surface area contributed by atoms with Crippen LogP contribution in [0, 0.1) is 6.07 Å². The Balaban J connectivity index is 0.00000336. The summed E-state index contributed by atoms with van der Waals surface area (Å²) in [5, 5.41) is 16.3. The van der Waals surface area contributed by atoms with Gasteiger partial charge in [0.1, 0.15) is 11.2 Å². The summed E-state index contributed by atoms with van der Waals surface area (Å²) in [6, 6.07) is 40.8. The number of hydrogen-bond donors (Lipinski definition) is 1. The monoisotopic (exact) mass is 803 g/mol. The maximum atomic E-state index is 11.8. The molecule has 0 atom stereocenters. The Hall–Kier alpha value is -5.25. The molecule has 0 aliphatic heterocycles. The standard InChI is InChI=1S/C42H30N3O2.Pt/c1-42(2,3)29-20-27(34-22-26(17-18-43-34)25-11-5-4-6-12-25)19-28(21-29)35-24-45-36-15-9-7-13-30(36)32-23-33-31-14-8-10-16-37(31)47-40(33)39(46)38(32)41(45)44-35;/h4-18,20-24,46H,1-3H3;/q-1;. The first-order chi connectivity index (χ1) is 22.8. The maximum absolute atomic E-state index is 11.8. The van der Waals surface area contributed by atoms with Gasteiger partial charge in [0.05, 0.1) is 10.9 Å². The van der Waals surface area contributed by atoms with E-state index >= 15 is 0 Å². The van der Waals surface area contributed by atoms with E-state index in [0.29, 0.717) is 16.6 Å². The molecule has 0 radical (unpaired) electrons. The first kappa shape index (κ1) is 30.1. The number of rotatable bonds is 3. The Labute approximate surface area is 291 Å². The van der Waals surface area contributed by atoms with Crippen molar-refractivity contribution in [3.63, 3.8) is 0 Å². The number of furan rings is 1. The second-order valence-corrected chi connectivity index (χ2v) is 13.2. The summed E-state index contributed by atoms with van der Waals surface area (Å²) in [4.78, 5) is 9.99. The smallest absolute Gasteiger partial charge is 0.177 e. The Morgan fingerprint density at radius 2 is 1.42 bits per heavy atom. The van der Waals surface area contributed by atoms with Crippen LogP contribution in [0.4, 0.5) is 0 Å². The van der Waals surface area contributed by atoms with E-state index in [9.17, 15) is 5.11 Å². The third-order valence-electron chi connectivity index (χ3n) is 9.18. The number of benzene rings is 5. The molecule has 0 spiro atoms. The maximum Gasteiger partial charge on any atom is 0.177 e. The van der Waals surface area contributed by atoms with Crippen molar-refractivity contribution >= 4 is 49.3 Å². The Bertz CT molecular complexity index is 2680. The summed E-state index contributed by atoms with van der Waals surface area (Å²) in [6.07, 6.45) is 3.91. The average molecular weight is 804 g/mol. The summed E-state index contributed by atoms with van der Waals surface area (Å²) in [6.45, 7) is 6.64. The number of hydrogen-bond acceptors (Lipinski definition) is 4. The SMILES string of the molecule is CC(C)(C)c1cc(-c2cc(-c3ccccc3)ccn2)[c-]c(-c2cn3c4ccccc4c4cc5c(oc6ccccc65)c(O)c4c3n2)c1.[Pt]. The Morgan fingerprint density at radius 3 is 2.21 bits per heavy atom. The summed E-state index contributed by atoms with van der Waals surface area (Å²) < 4.78 is 8.28. The molecule has 0 amide bonds. The van der Waals surface area contributed by atoms with Crippen LogP contribution in [-0.4, -0.2) is 19.5 Å². The molecule has 0 aliphatic rings. The predicted octanol–water partition coefficient (Wildman–Crippen LogP) is 10.7. The fourth-order valence-corrected chi connectivity index (χ4v) is 6.73. The van der Waals surface area contributed by atoms with Crippen LogP contribution in [0.5, 0.6) is 5.75 Å². The van der Waals surface area contributed by atoms with Gasteiger partial charge >= 0.3 is 0 Å². The molecular formula is C42H30N3O2Pt-. The van der Waals surface area contributed by atoms with Crippen LogP contribution < -0.4 is 0 Å². The van der Waals surface area contributed by atoms with E-state index in [4.69, 9.17) is 14.4 Å². The van der Waals surface area contributed by atoms with Gasteiger partial charge in [-0.1, -0.05) is 105 Å². The molecule has 9 rings (SSSR count). The number of phenolic OH excluding ortho intramolecular Hbond substituents is 1. The Kier molecular flexibility index (Phi) is 7.01. The molecule has 1 N–H and O–H groups in total. The van der Waals surface area contributed by atoms with Crippen LogP contribution in [0.3, 0.4) is 0 Å². The summed E-state index contributed by atoms with van der Waals surface area (Å²) in [5.74, 6) is 0.0941. The van der Waals surface area contributed by atoms with Gasteiger partial charge in [-0.25, -0.2) is 0 Å². The van der Waals surface area contributed by atoms with E-state index in [1.165, 1.54) is 0 Å². The average Bonchev–Trinajstić information content (AvgIpc) is 3.71. The second-order valence-electron chi connectivity index (χ2n) is 13.2. The number of imidazole rings is 1. The van der Waals surface area contributed by atoms with E-state index in [0.717, 1.165) is 71.8 Å². The van der Waals surface area contributed by atoms with Gasteiger partial charge in [-0.3, -0.25) is 9.97 Å². The molecule has 5 nitrogen and oxygen atoms in total. The Morgan fingerprint density at radius 1 is 0.708 bits per heavy atom. The second kappa shape index (κ2) is 11.2. The minimum Gasteiger partial charge on any atom is -0.504 e. The summed E-state index contributed by atoms with van der Waals surface area (Å²) in [7, 11) is 0. The van der Waals surface area contributed by atoms with Crippen molar-refractivity contribution in [2.75, 3.05) is 0 Å². The molecule has 0 saturated carbocycles. The summed E-state index contributed by atoms with van der Waals surface area (Å²) in [5.41, 5.74) is 9.53. The van der Waals surface area contributed by atoms with Gasteiger partial charge in [0.15, 0.2) is 11.3 Å². The molecule has 4 aromatic heterocycles. The number of pyridine rings is 2. The van der Waals surface area contributed by atoms with Crippen LogP contribution in [0.25, 0.3) is 82.9 Å². The predicted molar refractivity (Wildman–Crippen MR) is 191 cm³/mol. The summed E-state index contributed by atoms with van der Waals surface area (Å²) >= 11 is 0. The van der Waals surface area contributed by atoms with Crippen molar-refractivity contribution in [3.05, 3.63) is 133 Å². The fraction of sp³-hybridized carbons (Fsp3) is 0.0952. The van der Waals surface area contributed by atoms with Gasteiger partial charge in [-0.2, -0.15) is 0 Å². The molecule has 236 valence electrons. The van der Waals surface area contributed by atoms with Gasteiger partial charge in [0.25, 0.3) is 0 Å². The van der Waals surface area contributed by atoms with Crippen molar-refractivity contribution in [2.45, 2.75) is 26.2 Å². The number of aromatic hydroxyl groups is 1. The van der Waals surface area contributed by atoms with Crippen molar-refractivity contribution in [1.29, 1.82) is 0 Å². The van der Waals surface area contributed by atoms with Gasteiger partial charge in [-0.05, 0) is 46.2 Å². The number of nitrogens with zero attached hydrogens (tertiary/aromatic N) is 3. The first-order valence-corrected chi connectivity index (χ1v) is 15.8. The number of fused-ring (bicyclic) bond motifs is 9. The van der Waals surface area contributed by atoms with E-state index in [1.807, 2.05) is 66.9 Å². The number of phenols is 1. The fourth-order valence-electron chi connectivity index (χ4n) is 6.73. The zero-order valence-electron chi connectivity index (χ0n) is 26.6. The van der Waals surface area contributed by atoms with Crippen molar-refractivity contribution in [3.8, 4) is 39.4 Å². The molecule has 9 aromatic rings. The minimum absolute atomic E-state index is 0. The topological polar surface area (TPSA) is 63.6 Å². The van der Waals surface area contributed by atoms with Crippen molar-refractivity contribution in [1.82, 2.24) is 14.4 Å². The van der Waals surface area contributed by atoms with Gasteiger partial charge in [-0.15, -0.1) is 23.8 Å².